The number of likely N-dealkylation sites (N-methyl/N-ethyl adjacent to an activating group) is 1. The lowest BCUT2D eigenvalue weighted by Crippen LogP contribution is -2.59. The minimum Gasteiger partial charge on any atom is -0.462 e. The first kappa shape index (κ1) is 23.8. The number of amides is 1. The van der Waals surface area contributed by atoms with Crippen molar-refractivity contribution >= 4 is 17.5 Å². The highest BCUT2D eigenvalue weighted by Gasteiger charge is 2.49. The van der Waals surface area contributed by atoms with Gasteiger partial charge in [-0.25, -0.2) is 0 Å². The number of anilines is 2. The van der Waals surface area contributed by atoms with E-state index in [2.05, 4.69) is 34.5 Å². The average Bonchev–Trinajstić information content (AvgIpc) is 3.47. The number of carbonyl (C=O) groups is 1. The number of aliphatic hydroxyl groups is 1. The second-order valence-electron chi connectivity index (χ2n) is 10.5. The van der Waals surface area contributed by atoms with Gasteiger partial charge in [0.15, 0.2) is 11.6 Å². The molecule has 4 saturated heterocycles. The van der Waals surface area contributed by atoms with Crippen molar-refractivity contribution in [3.05, 3.63) is 18.2 Å². The molecule has 0 aliphatic carbocycles. The number of nitrogens with zero attached hydrogens (tertiary/aromatic N) is 7. The summed E-state index contributed by atoms with van der Waals surface area (Å²) < 4.78 is 6.12. The topological polar surface area (TPSA) is 109 Å². The molecular weight excluding hydrogens is 446 g/mol. The molecule has 1 aromatic rings. The van der Waals surface area contributed by atoms with Crippen LogP contribution in [-0.4, -0.2) is 102 Å². The number of carbonyl (C=O) groups excluding carboxylic acids is 1. The molecule has 5 heterocycles. The number of hydrogen-bond acceptors (Lipinski definition) is 9. The molecule has 35 heavy (non-hydrogen) atoms. The molecule has 0 radical (unpaired) electrons. The summed E-state index contributed by atoms with van der Waals surface area (Å²) in [4.78, 5) is 29.6. The van der Waals surface area contributed by atoms with Crippen LogP contribution in [0.2, 0.25) is 0 Å². The van der Waals surface area contributed by atoms with Crippen molar-refractivity contribution in [3.8, 4) is 12.1 Å². The van der Waals surface area contributed by atoms with Crippen molar-refractivity contribution in [1.82, 2.24) is 19.8 Å². The molecule has 10 nitrogen and oxygen atoms in total. The molecule has 10 heteroatoms. The third kappa shape index (κ3) is 4.67. The van der Waals surface area contributed by atoms with E-state index in [0.717, 1.165) is 58.3 Å². The van der Waals surface area contributed by atoms with E-state index in [1.165, 1.54) is 6.08 Å². The minimum atomic E-state index is -0.441. The molecule has 0 saturated carbocycles. The molecule has 0 aromatic carbocycles. The van der Waals surface area contributed by atoms with Crippen LogP contribution in [0.25, 0.3) is 0 Å². The lowest BCUT2D eigenvalue weighted by Gasteiger charge is -2.47. The number of aliphatic hydroxyl groups excluding tert-OH is 1. The molecule has 2 atom stereocenters. The Balaban J connectivity index is 1.41. The Hall–Kier alpha value is -2.90. The van der Waals surface area contributed by atoms with Crippen LogP contribution in [0.4, 0.5) is 11.6 Å². The number of piperidine rings is 1. The summed E-state index contributed by atoms with van der Waals surface area (Å²) in [7, 11) is 2.11. The van der Waals surface area contributed by atoms with Crippen molar-refractivity contribution in [2.24, 2.45) is 5.41 Å². The van der Waals surface area contributed by atoms with Gasteiger partial charge in [0.2, 0.25) is 5.91 Å². The van der Waals surface area contributed by atoms with Gasteiger partial charge in [-0.15, -0.1) is 0 Å². The summed E-state index contributed by atoms with van der Waals surface area (Å²) in [6.45, 7) is 9.22. The van der Waals surface area contributed by atoms with Crippen LogP contribution in [0, 0.1) is 16.7 Å². The van der Waals surface area contributed by atoms with Gasteiger partial charge >= 0.3 is 6.01 Å². The first-order valence-corrected chi connectivity index (χ1v) is 12.7. The highest BCUT2D eigenvalue weighted by Crippen LogP contribution is 2.42. The van der Waals surface area contributed by atoms with Crippen molar-refractivity contribution < 1.29 is 14.6 Å². The van der Waals surface area contributed by atoms with Crippen LogP contribution < -0.4 is 14.5 Å². The van der Waals surface area contributed by atoms with Crippen LogP contribution in [0.5, 0.6) is 6.01 Å². The molecule has 1 spiro atoms. The summed E-state index contributed by atoms with van der Waals surface area (Å²) in [6, 6.07) is 2.97. The summed E-state index contributed by atoms with van der Waals surface area (Å²) in [5, 5.41) is 20.4. The van der Waals surface area contributed by atoms with Gasteiger partial charge < -0.3 is 29.4 Å². The number of nitriles is 1. The second-order valence-corrected chi connectivity index (χ2v) is 10.5. The zero-order chi connectivity index (χ0) is 24.6. The van der Waals surface area contributed by atoms with E-state index in [1.807, 2.05) is 9.80 Å². The molecule has 0 bridgehead atoms. The standard InChI is InChI=1S/C25H35N7O3/c1-3-21(34)32-16-25(17-32)8-11-31(15-25)23-20(12-26)22(30-10-5-7-19(33)13-30)27-24(28-23)35-14-18-6-4-9-29(18)2/h3,18-19,33H,1,4-11,13-17H2,2H3. The van der Waals surface area contributed by atoms with Gasteiger partial charge in [0.05, 0.1) is 6.10 Å². The van der Waals surface area contributed by atoms with E-state index in [4.69, 9.17) is 9.72 Å². The number of hydrogen-bond donors (Lipinski definition) is 1. The fraction of sp³-hybridized carbons (Fsp3) is 0.680. The number of rotatable bonds is 6. The van der Waals surface area contributed by atoms with E-state index < -0.39 is 6.10 Å². The van der Waals surface area contributed by atoms with Crippen LogP contribution in [0.3, 0.4) is 0 Å². The Morgan fingerprint density at radius 1 is 1.20 bits per heavy atom. The Labute approximate surface area is 206 Å². The SMILES string of the molecule is C=CC(=O)N1CC2(CCN(c3nc(OCC4CCCN4C)nc(N4CCCC(O)C4)c3C#N)C2)C1. The first-order valence-electron chi connectivity index (χ1n) is 12.7. The highest BCUT2D eigenvalue weighted by atomic mass is 16.5. The maximum atomic E-state index is 12.0. The Kier molecular flexibility index (Phi) is 6.55. The maximum absolute atomic E-state index is 12.0. The summed E-state index contributed by atoms with van der Waals surface area (Å²) in [5.74, 6) is 1.11. The minimum absolute atomic E-state index is 0.0193. The van der Waals surface area contributed by atoms with Crippen LogP contribution in [-0.2, 0) is 4.79 Å². The fourth-order valence-electron chi connectivity index (χ4n) is 5.97. The molecule has 4 fully saturated rings. The molecular formula is C25H35N7O3. The summed E-state index contributed by atoms with van der Waals surface area (Å²) in [6.07, 6.45) is 5.69. The third-order valence-corrected chi connectivity index (χ3v) is 8.01. The van der Waals surface area contributed by atoms with Gasteiger partial charge in [-0.3, -0.25) is 4.79 Å². The van der Waals surface area contributed by atoms with Crippen LogP contribution >= 0.6 is 0 Å². The molecule has 2 unspecified atom stereocenters. The van der Waals surface area contributed by atoms with Gasteiger partial charge in [-0.2, -0.15) is 15.2 Å². The molecule has 1 aromatic heterocycles. The summed E-state index contributed by atoms with van der Waals surface area (Å²) in [5.41, 5.74) is 0.450. The molecule has 4 aliphatic rings. The average molecular weight is 482 g/mol. The lowest BCUT2D eigenvalue weighted by molar-refractivity contribution is -0.136. The maximum Gasteiger partial charge on any atom is 0.320 e. The zero-order valence-corrected chi connectivity index (χ0v) is 20.5. The summed E-state index contributed by atoms with van der Waals surface area (Å²) >= 11 is 0. The van der Waals surface area contributed by atoms with Crippen molar-refractivity contribution in [2.75, 3.05) is 69.3 Å². The third-order valence-electron chi connectivity index (χ3n) is 8.01. The number of β-amino-alcohol motifs (C(OH)–C–C–N with tert-alkyl or cyclic N) is 1. The van der Waals surface area contributed by atoms with E-state index in [-0.39, 0.29) is 17.3 Å². The van der Waals surface area contributed by atoms with Crippen molar-refractivity contribution in [2.45, 2.75) is 44.2 Å². The van der Waals surface area contributed by atoms with Gasteiger partial charge in [0.1, 0.15) is 18.2 Å². The molecule has 188 valence electrons. The van der Waals surface area contributed by atoms with Crippen molar-refractivity contribution in [1.29, 1.82) is 5.26 Å². The normalized spacial score (nSPS) is 26.0. The number of ether oxygens (including phenoxy) is 1. The molecule has 4 aliphatic heterocycles. The van der Waals surface area contributed by atoms with E-state index in [1.54, 1.807) is 0 Å². The van der Waals surface area contributed by atoms with E-state index in [0.29, 0.717) is 49.5 Å². The lowest BCUT2D eigenvalue weighted by atomic mass is 9.79. The highest BCUT2D eigenvalue weighted by molar-refractivity contribution is 5.87. The first-order chi connectivity index (χ1) is 16.9. The van der Waals surface area contributed by atoms with Gasteiger partial charge in [0.25, 0.3) is 0 Å². The fourth-order valence-corrected chi connectivity index (χ4v) is 5.97. The predicted molar refractivity (Wildman–Crippen MR) is 131 cm³/mol. The van der Waals surface area contributed by atoms with E-state index in [9.17, 15) is 15.2 Å². The number of likely N-dealkylation sites (tertiary alicyclic amines) is 2. The molecule has 1 amide bonds. The smallest absolute Gasteiger partial charge is 0.320 e. The molecule has 5 rings (SSSR count). The van der Waals surface area contributed by atoms with Crippen LogP contribution in [0.1, 0.15) is 37.7 Å². The largest absolute Gasteiger partial charge is 0.462 e. The van der Waals surface area contributed by atoms with Gasteiger partial charge in [0, 0.05) is 50.7 Å². The second kappa shape index (κ2) is 9.63. The Morgan fingerprint density at radius 3 is 2.60 bits per heavy atom. The van der Waals surface area contributed by atoms with Gasteiger partial charge in [-0.1, -0.05) is 6.58 Å². The monoisotopic (exact) mass is 481 g/mol. The Morgan fingerprint density at radius 2 is 1.94 bits per heavy atom. The van der Waals surface area contributed by atoms with Gasteiger partial charge in [-0.05, 0) is 51.8 Å². The van der Waals surface area contributed by atoms with Crippen molar-refractivity contribution in [3.63, 3.8) is 0 Å². The Bertz CT molecular complexity index is 1020. The van der Waals surface area contributed by atoms with Crippen LogP contribution in [0.15, 0.2) is 12.7 Å². The zero-order valence-electron chi connectivity index (χ0n) is 20.5. The molecule has 1 N–H and O–H groups in total. The predicted octanol–water partition coefficient (Wildman–Crippen LogP) is 1.01. The van der Waals surface area contributed by atoms with E-state index >= 15 is 0 Å². The number of aromatic nitrogens is 2. The quantitative estimate of drug-likeness (QED) is 0.595.